The van der Waals surface area contributed by atoms with Gasteiger partial charge in [-0.25, -0.2) is 14.5 Å². The normalized spacial score (nSPS) is 18.3. The average Bonchev–Trinajstić information content (AvgIpc) is 3.03. The Labute approximate surface area is 130 Å². The molecule has 0 saturated carbocycles. The highest BCUT2D eigenvalue weighted by atomic mass is 32.1. The summed E-state index contributed by atoms with van der Waals surface area (Å²) in [5.74, 6) is -0.206. The standard InChI is InChI=1S/C15H14N4O2S/c1-8-2-3-9-10(6-8)22-15-13(9)14-17-11(4-5-12(20)21)18-19(14)7-16-15/h4-5,7-8H,2-3,6H2,1H3,(H,20,21)/p-1/b5-4+/t8-/m1/s1. The van der Waals surface area contributed by atoms with Crippen LogP contribution in [0, 0.1) is 5.92 Å². The van der Waals surface area contributed by atoms with Gasteiger partial charge in [0.2, 0.25) is 0 Å². The number of carbonyl (C=O) groups is 1. The van der Waals surface area contributed by atoms with E-state index in [-0.39, 0.29) is 0 Å². The monoisotopic (exact) mass is 313 g/mol. The number of carboxylic acids is 1. The minimum atomic E-state index is -1.26. The van der Waals surface area contributed by atoms with Gasteiger partial charge in [-0.2, -0.15) is 0 Å². The van der Waals surface area contributed by atoms with Crippen molar-refractivity contribution in [1.82, 2.24) is 19.6 Å². The van der Waals surface area contributed by atoms with E-state index in [1.807, 2.05) is 0 Å². The second-order valence-electron chi connectivity index (χ2n) is 5.67. The second-order valence-corrected chi connectivity index (χ2v) is 6.75. The lowest BCUT2D eigenvalue weighted by Gasteiger charge is -2.17. The van der Waals surface area contributed by atoms with Crippen molar-refractivity contribution in [2.45, 2.75) is 26.2 Å². The molecule has 0 bridgehead atoms. The van der Waals surface area contributed by atoms with Gasteiger partial charge in [0.05, 0.1) is 11.4 Å². The van der Waals surface area contributed by atoms with Crippen LogP contribution in [-0.2, 0) is 17.6 Å². The molecule has 3 aromatic rings. The van der Waals surface area contributed by atoms with Crippen LogP contribution < -0.4 is 5.11 Å². The Hall–Kier alpha value is -2.28. The Kier molecular flexibility index (Phi) is 2.97. The molecule has 22 heavy (non-hydrogen) atoms. The molecule has 0 saturated heterocycles. The quantitative estimate of drug-likeness (QED) is 0.664. The van der Waals surface area contributed by atoms with E-state index in [0.717, 1.165) is 34.8 Å². The van der Waals surface area contributed by atoms with Crippen molar-refractivity contribution in [3.05, 3.63) is 28.7 Å². The lowest BCUT2D eigenvalue weighted by molar-refractivity contribution is -0.297. The molecule has 1 aliphatic carbocycles. The number of carboxylic acid groups (broad SMARTS) is 1. The van der Waals surface area contributed by atoms with Crippen molar-refractivity contribution in [2.75, 3.05) is 0 Å². The summed E-state index contributed by atoms with van der Waals surface area (Å²) < 4.78 is 1.61. The largest absolute Gasteiger partial charge is 0.545 e. The molecule has 3 aromatic heterocycles. The van der Waals surface area contributed by atoms with E-state index in [9.17, 15) is 9.90 Å². The van der Waals surface area contributed by atoms with E-state index in [2.05, 4.69) is 22.0 Å². The predicted octanol–water partition coefficient (Wildman–Crippen LogP) is 1.23. The number of aliphatic carboxylic acids is 1. The predicted molar refractivity (Wildman–Crippen MR) is 81.4 cm³/mol. The molecule has 0 spiro atoms. The van der Waals surface area contributed by atoms with Crippen LogP contribution in [0.4, 0.5) is 0 Å². The number of nitrogens with zero attached hydrogens (tertiary/aromatic N) is 4. The number of fused-ring (bicyclic) bond motifs is 5. The van der Waals surface area contributed by atoms with Crippen molar-refractivity contribution in [3.63, 3.8) is 0 Å². The fourth-order valence-corrected chi connectivity index (χ4v) is 4.31. The highest BCUT2D eigenvalue weighted by Gasteiger charge is 2.23. The Morgan fingerprint density at radius 1 is 1.55 bits per heavy atom. The first kappa shape index (κ1) is 13.4. The van der Waals surface area contributed by atoms with Crippen molar-refractivity contribution >= 4 is 39.2 Å². The smallest absolute Gasteiger partial charge is 0.175 e. The average molecular weight is 313 g/mol. The third kappa shape index (κ3) is 2.09. The van der Waals surface area contributed by atoms with Gasteiger partial charge in [0, 0.05) is 4.88 Å². The summed E-state index contributed by atoms with van der Waals surface area (Å²) in [6.45, 7) is 2.27. The zero-order chi connectivity index (χ0) is 15.3. The maximum Gasteiger partial charge on any atom is 0.175 e. The van der Waals surface area contributed by atoms with Crippen molar-refractivity contribution in [3.8, 4) is 0 Å². The van der Waals surface area contributed by atoms with Crippen LogP contribution in [0.3, 0.4) is 0 Å². The maximum atomic E-state index is 10.5. The van der Waals surface area contributed by atoms with E-state index in [1.54, 1.807) is 22.2 Å². The summed E-state index contributed by atoms with van der Waals surface area (Å²) >= 11 is 1.73. The topological polar surface area (TPSA) is 83.2 Å². The Morgan fingerprint density at radius 2 is 2.41 bits per heavy atom. The molecule has 0 fully saturated rings. The lowest BCUT2D eigenvalue weighted by atomic mass is 9.89. The molecule has 0 unspecified atom stereocenters. The van der Waals surface area contributed by atoms with Gasteiger partial charge in [0.25, 0.3) is 0 Å². The van der Waals surface area contributed by atoms with E-state index >= 15 is 0 Å². The van der Waals surface area contributed by atoms with Crippen molar-refractivity contribution in [2.24, 2.45) is 5.92 Å². The van der Waals surface area contributed by atoms with E-state index < -0.39 is 5.97 Å². The fraction of sp³-hybridized carbons (Fsp3) is 0.333. The summed E-state index contributed by atoms with van der Waals surface area (Å²) in [7, 11) is 0. The van der Waals surface area contributed by atoms with Crippen LogP contribution >= 0.6 is 11.3 Å². The molecular weight excluding hydrogens is 300 g/mol. The SMILES string of the molecule is C[C@@H]1CCc2c(sc3ncn4nc(/C=C/C(=O)[O-])nc4c23)C1. The van der Waals surface area contributed by atoms with Gasteiger partial charge in [-0.3, -0.25) is 0 Å². The summed E-state index contributed by atoms with van der Waals surface area (Å²) in [4.78, 5) is 21.8. The van der Waals surface area contributed by atoms with Gasteiger partial charge in [0.15, 0.2) is 11.5 Å². The molecule has 0 aliphatic heterocycles. The molecule has 1 atom stereocenters. The van der Waals surface area contributed by atoms with Crippen LogP contribution in [0.5, 0.6) is 0 Å². The van der Waals surface area contributed by atoms with E-state index in [0.29, 0.717) is 11.7 Å². The molecule has 7 heteroatoms. The first-order chi connectivity index (χ1) is 10.6. The number of hydrogen-bond donors (Lipinski definition) is 0. The van der Waals surface area contributed by atoms with Gasteiger partial charge in [-0.05, 0) is 42.9 Å². The van der Waals surface area contributed by atoms with Crippen LogP contribution in [0.1, 0.15) is 29.6 Å². The van der Waals surface area contributed by atoms with Crippen LogP contribution in [0.2, 0.25) is 0 Å². The summed E-state index contributed by atoms with van der Waals surface area (Å²) in [6.07, 6.45) is 7.21. The molecule has 1 aliphatic rings. The van der Waals surface area contributed by atoms with Crippen molar-refractivity contribution in [1.29, 1.82) is 0 Å². The third-order valence-electron chi connectivity index (χ3n) is 4.02. The Balaban J connectivity index is 1.92. The van der Waals surface area contributed by atoms with Crippen molar-refractivity contribution < 1.29 is 9.90 Å². The summed E-state index contributed by atoms with van der Waals surface area (Å²) in [5.41, 5.74) is 2.08. The molecule has 0 amide bonds. The number of thiophene rings is 1. The number of hydrogen-bond acceptors (Lipinski definition) is 6. The molecule has 0 aromatic carbocycles. The number of aryl methyl sites for hydroxylation is 1. The van der Waals surface area contributed by atoms with Gasteiger partial charge in [-0.15, -0.1) is 16.4 Å². The van der Waals surface area contributed by atoms with E-state index in [1.165, 1.54) is 22.9 Å². The maximum absolute atomic E-state index is 10.5. The fourth-order valence-electron chi connectivity index (χ4n) is 2.97. The van der Waals surface area contributed by atoms with Gasteiger partial charge >= 0.3 is 0 Å². The zero-order valence-corrected chi connectivity index (χ0v) is 12.8. The van der Waals surface area contributed by atoms with E-state index in [4.69, 9.17) is 0 Å². The summed E-state index contributed by atoms with van der Waals surface area (Å²) in [5, 5.41) is 15.8. The van der Waals surface area contributed by atoms with Gasteiger partial charge in [-0.1, -0.05) is 6.92 Å². The highest BCUT2D eigenvalue weighted by molar-refractivity contribution is 7.19. The number of aromatic nitrogens is 4. The minimum Gasteiger partial charge on any atom is -0.545 e. The summed E-state index contributed by atoms with van der Waals surface area (Å²) in [6, 6.07) is 0. The van der Waals surface area contributed by atoms with Crippen LogP contribution in [-0.4, -0.2) is 25.6 Å². The lowest BCUT2D eigenvalue weighted by Crippen LogP contribution is -2.18. The van der Waals surface area contributed by atoms with Crippen LogP contribution in [0.15, 0.2) is 12.4 Å². The van der Waals surface area contributed by atoms with Crippen LogP contribution in [0.25, 0.3) is 21.9 Å². The molecule has 3 heterocycles. The molecule has 4 rings (SSSR count). The first-order valence-corrected chi connectivity index (χ1v) is 7.98. The molecular formula is C15H13N4O2S-. The van der Waals surface area contributed by atoms with Gasteiger partial charge < -0.3 is 9.90 Å². The third-order valence-corrected chi connectivity index (χ3v) is 5.18. The second kappa shape index (κ2) is 4.88. The van der Waals surface area contributed by atoms with Gasteiger partial charge in [0.1, 0.15) is 11.2 Å². The zero-order valence-electron chi connectivity index (χ0n) is 11.9. The molecule has 112 valence electrons. The molecule has 6 nitrogen and oxygen atoms in total. The molecule has 0 N–H and O–H groups in total. The molecule has 0 radical (unpaired) electrons. The Morgan fingerprint density at radius 3 is 3.23 bits per heavy atom. The first-order valence-electron chi connectivity index (χ1n) is 7.16. The highest BCUT2D eigenvalue weighted by Crippen LogP contribution is 2.38. The minimum absolute atomic E-state index is 0.350. The number of rotatable bonds is 2. The number of carbonyl (C=O) groups excluding carboxylic acids is 1. The Bertz CT molecular complexity index is 925.